The quantitative estimate of drug-likeness (QED) is 0.0195. The minimum atomic E-state index is -4.78. The lowest BCUT2D eigenvalue weighted by atomic mass is 10.0. The highest BCUT2D eigenvalue weighted by atomic mass is 31.2. The Kier molecular flexibility index (Phi) is 33.0. The maximum Gasteiger partial charge on any atom is 0.469 e. The summed E-state index contributed by atoms with van der Waals surface area (Å²) in [5.74, 6) is -1.02. The number of allylic oxidation sites excluding steroid dienone is 6. The van der Waals surface area contributed by atoms with E-state index >= 15 is 0 Å². The molecule has 0 aromatic heterocycles. The number of carbonyl (C=O) groups excluding carboxylic acids is 2. The Labute approximate surface area is 297 Å². The van der Waals surface area contributed by atoms with Crippen LogP contribution in [0.2, 0.25) is 0 Å². The van der Waals surface area contributed by atoms with Crippen LogP contribution in [0.25, 0.3) is 0 Å². The van der Waals surface area contributed by atoms with Crippen LogP contribution < -0.4 is 0 Å². The second kappa shape index (κ2) is 34.4. The summed E-state index contributed by atoms with van der Waals surface area (Å²) >= 11 is 0. The number of aliphatic hydroxyl groups is 1. The molecule has 1 unspecified atom stereocenters. The molecule has 0 aromatic rings. The zero-order valence-electron chi connectivity index (χ0n) is 30.7. The van der Waals surface area contributed by atoms with Gasteiger partial charge in [-0.25, -0.2) is 4.57 Å². The number of rotatable bonds is 34. The van der Waals surface area contributed by atoms with Crippen LogP contribution in [-0.4, -0.2) is 52.3 Å². The van der Waals surface area contributed by atoms with Gasteiger partial charge in [0.05, 0.1) is 12.7 Å². The first-order chi connectivity index (χ1) is 23.7. The van der Waals surface area contributed by atoms with Gasteiger partial charge in [-0.2, -0.15) is 0 Å². The first kappa shape index (κ1) is 47.0. The standard InChI is InChI=1S/C39H69O9P/c1-3-5-7-9-11-13-14-15-16-18-20-24-29-33-39(42)48-37(35-47-49(43,44)45)34-46-38(41)32-28-25-21-23-27-31-36(40)30-26-22-19-17-12-10-8-6-4-2/h12,17,21-23,26-27,31,36-37,40H,3-11,13-16,18-20,24-25,28-30,32-35H2,1-2H3,(H2,43,44,45)/b17-12-,23-21+,26-22-,31-27-/t36?,37-/m1/s1. The largest absolute Gasteiger partial charge is 0.469 e. The minimum absolute atomic E-state index is 0.132. The van der Waals surface area contributed by atoms with E-state index in [0.29, 0.717) is 25.7 Å². The third-order valence-electron chi connectivity index (χ3n) is 7.93. The highest BCUT2D eigenvalue weighted by Crippen LogP contribution is 2.36. The average Bonchev–Trinajstić information content (AvgIpc) is 3.06. The summed E-state index contributed by atoms with van der Waals surface area (Å²) in [6, 6.07) is 0. The van der Waals surface area contributed by atoms with Gasteiger partial charge in [-0.1, -0.05) is 152 Å². The van der Waals surface area contributed by atoms with E-state index < -0.39 is 38.6 Å². The van der Waals surface area contributed by atoms with Crippen molar-refractivity contribution >= 4 is 19.8 Å². The molecule has 10 heteroatoms. The first-order valence-corrected chi connectivity index (χ1v) is 20.6. The van der Waals surface area contributed by atoms with Gasteiger partial charge in [0.15, 0.2) is 6.10 Å². The topological polar surface area (TPSA) is 140 Å². The fourth-order valence-corrected chi connectivity index (χ4v) is 5.39. The van der Waals surface area contributed by atoms with Gasteiger partial charge < -0.3 is 24.4 Å². The first-order valence-electron chi connectivity index (χ1n) is 19.0. The van der Waals surface area contributed by atoms with Gasteiger partial charge in [-0.05, 0) is 44.9 Å². The van der Waals surface area contributed by atoms with Crippen LogP contribution in [0.1, 0.15) is 162 Å². The molecule has 0 aromatic carbocycles. The Bertz CT molecular complexity index is 954. The molecule has 0 amide bonds. The molecule has 9 nitrogen and oxygen atoms in total. The Hall–Kier alpha value is -2.03. The second-order valence-corrected chi connectivity index (χ2v) is 14.0. The van der Waals surface area contributed by atoms with Crippen molar-refractivity contribution in [2.24, 2.45) is 0 Å². The van der Waals surface area contributed by atoms with E-state index in [9.17, 15) is 19.3 Å². The predicted molar refractivity (Wildman–Crippen MR) is 199 cm³/mol. The van der Waals surface area contributed by atoms with Gasteiger partial charge in [0.1, 0.15) is 6.61 Å². The normalized spacial score (nSPS) is 13.7. The monoisotopic (exact) mass is 712 g/mol. The minimum Gasteiger partial charge on any atom is -0.462 e. The van der Waals surface area contributed by atoms with Crippen molar-refractivity contribution in [3.8, 4) is 0 Å². The third-order valence-corrected chi connectivity index (χ3v) is 8.42. The molecule has 0 saturated carbocycles. The lowest BCUT2D eigenvalue weighted by Gasteiger charge is -2.18. The molecule has 0 heterocycles. The highest BCUT2D eigenvalue weighted by Gasteiger charge is 2.22. The predicted octanol–water partition coefficient (Wildman–Crippen LogP) is 10.1. The molecule has 2 atom stereocenters. The molecule has 0 fully saturated rings. The fourth-order valence-electron chi connectivity index (χ4n) is 5.03. The molecular formula is C39H69O9P. The highest BCUT2D eigenvalue weighted by molar-refractivity contribution is 7.46. The zero-order valence-corrected chi connectivity index (χ0v) is 31.6. The summed E-state index contributed by atoms with van der Waals surface area (Å²) in [7, 11) is -4.78. The van der Waals surface area contributed by atoms with E-state index in [1.807, 2.05) is 18.2 Å². The second-order valence-electron chi connectivity index (χ2n) is 12.8. The number of phosphoric acid groups is 1. The summed E-state index contributed by atoms with van der Waals surface area (Å²) in [6.07, 6.45) is 37.2. The van der Waals surface area contributed by atoms with Gasteiger partial charge in [0.25, 0.3) is 0 Å². The van der Waals surface area contributed by atoms with E-state index in [-0.39, 0.29) is 19.4 Å². The number of esters is 2. The van der Waals surface area contributed by atoms with Crippen LogP contribution in [0.15, 0.2) is 48.6 Å². The molecule has 284 valence electrons. The maximum atomic E-state index is 12.3. The number of hydrogen-bond donors (Lipinski definition) is 3. The molecule has 0 aliphatic heterocycles. The van der Waals surface area contributed by atoms with Crippen LogP contribution in [0.3, 0.4) is 0 Å². The van der Waals surface area contributed by atoms with Crippen LogP contribution in [0, 0.1) is 0 Å². The van der Waals surface area contributed by atoms with Gasteiger partial charge in [0.2, 0.25) is 0 Å². The van der Waals surface area contributed by atoms with Crippen LogP contribution in [0.4, 0.5) is 0 Å². The third kappa shape index (κ3) is 37.1. The Balaban J connectivity index is 4.16. The van der Waals surface area contributed by atoms with Crippen molar-refractivity contribution in [2.75, 3.05) is 13.2 Å². The summed E-state index contributed by atoms with van der Waals surface area (Å²) < 4.78 is 26.2. The lowest BCUT2D eigenvalue weighted by Crippen LogP contribution is -2.29. The van der Waals surface area contributed by atoms with Crippen LogP contribution in [-0.2, 0) is 28.2 Å². The lowest BCUT2D eigenvalue weighted by molar-refractivity contribution is -0.161. The molecular weight excluding hydrogens is 643 g/mol. The van der Waals surface area contributed by atoms with E-state index in [2.05, 4.69) is 36.6 Å². The average molecular weight is 713 g/mol. The molecule has 49 heavy (non-hydrogen) atoms. The molecule has 0 aliphatic carbocycles. The van der Waals surface area contributed by atoms with E-state index in [0.717, 1.165) is 32.1 Å². The summed E-state index contributed by atoms with van der Waals surface area (Å²) in [4.78, 5) is 42.7. The van der Waals surface area contributed by atoms with E-state index in [1.54, 1.807) is 12.2 Å². The smallest absolute Gasteiger partial charge is 0.462 e. The SMILES string of the molecule is CCCCC/C=C\C/C=C\CC(O)/C=C\C=C\CCCC(=O)OC[C@H](COP(=O)(O)O)OC(=O)CCCCCCCCCCCCCCC. The van der Waals surface area contributed by atoms with Crippen molar-refractivity contribution in [3.05, 3.63) is 48.6 Å². The van der Waals surface area contributed by atoms with Crippen molar-refractivity contribution in [1.29, 1.82) is 0 Å². The summed E-state index contributed by atoms with van der Waals surface area (Å²) in [6.45, 7) is 3.51. The van der Waals surface area contributed by atoms with Crippen LogP contribution >= 0.6 is 7.82 Å². The van der Waals surface area contributed by atoms with Crippen molar-refractivity contribution in [3.63, 3.8) is 0 Å². The number of carbonyl (C=O) groups is 2. The van der Waals surface area contributed by atoms with Gasteiger partial charge in [-0.3, -0.25) is 14.1 Å². The molecule has 0 spiro atoms. The maximum absolute atomic E-state index is 12.3. The summed E-state index contributed by atoms with van der Waals surface area (Å²) in [5.41, 5.74) is 0. The van der Waals surface area contributed by atoms with Crippen molar-refractivity contribution in [2.45, 2.75) is 174 Å². The molecule has 3 N–H and O–H groups in total. The number of phosphoric ester groups is 1. The Morgan fingerprint density at radius 1 is 0.633 bits per heavy atom. The Morgan fingerprint density at radius 3 is 1.82 bits per heavy atom. The molecule has 0 aliphatic rings. The Morgan fingerprint density at radius 2 is 1.18 bits per heavy atom. The van der Waals surface area contributed by atoms with Gasteiger partial charge in [-0.15, -0.1) is 0 Å². The molecule has 0 saturated heterocycles. The fraction of sp³-hybridized carbons (Fsp3) is 0.744. The van der Waals surface area contributed by atoms with Crippen molar-refractivity contribution < 1.29 is 43.0 Å². The van der Waals surface area contributed by atoms with E-state index in [4.69, 9.17) is 19.3 Å². The molecule has 0 bridgehead atoms. The number of ether oxygens (including phenoxy) is 2. The van der Waals surface area contributed by atoms with Gasteiger partial charge >= 0.3 is 19.8 Å². The van der Waals surface area contributed by atoms with Crippen LogP contribution in [0.5, 0.6) is 0 Å². The zero-order chi connectivity index (χ0) is 36.3. The number of aliphatic hydroxyl groups excluding tert-OH is 1. The number of unbranched alkanes of at least 4 members (excludes halogenated alkanes) is 16. The van der Waals surface area contributed by atoms with Gasteiger partial charge in [0, 0.05) is 12.8 Å². The number of hydrogen-bond acceptors (Lipinski definition) is 7. The summed E-state index contributed by atoms with van der Waals surface area (Å²) in [5, 5.41) is 10.1. The molecule has 0 radical (unpaired) electrons. The molecule has 0 rings (SSSR count). The van der Waals surface area contributed by atoms with E-state index in [1.165, 1.54) is 77.0 Å². The van der Waals surface area contributed by atoms with Crippen molar-refractivity contribution in [1.82, 2.24) is 0 Å².